The Kier molecular flexibility index (Phi) is 3.16. The monoisotopic (exact) mass is 209 g/mol. The largest absolute Gasteiger partial charge is 0.256 e. The number of hydrogen-bond acceptors (Lipinski definition) is 1. The van der Waals surface area contributed by atoms with E-state index in [0.29, 0.717) is 0 Å². The molecule has 0 radical (unpaired) electrons. The molecule has 1 heteroatoms. The Morgan fingerprint density at radius 3 is 2.38 bits per heavy atom. The summed E-state index contributed by atoms with van der Waals surface area (Å²) in [7, 11) is 0. The Bertz CT molecular complexity index is 481. The molecule has 0 fully saturated rings. The van der Waals surface area contributed by atoms with Gasteiger partial charge in [-0.2, -0.15) is 0 Å². The summed E-state index contributed by atoms with van der Waals surface area (Å²) >= 11 is 0. The third kappa shape index (κ3) is 2.19. The van der Waals surface area contributed by atoms with Crippen LogP contribution in [0.25, 0.3) is 16.8 Å². The van der Waals surface area contributed by atoms with Crippen molar-refractivity contribution in [2.45, 2.75) is 13.8 Å². The van der Waals surface area contributed by atoms with Crippen molar-refractivity contribution in [2.75, 3.05) is 0 Å². The maximum atomic E-state index is 4.33. The summed E-state index contributed by atoms with van der Waals surface area (Å²) in [6, 6.07) is 14.5. The highest BCUT2D eigenvalue weighted by atomic mass is 14.7. The number of rotatable bonds is 2. The van der Waals surface area contributed by atoms with E-state index in [1.807, 2.05) is 24.4 Å². The number of aromatic nitrogens is 1. The summed E-state index contributed by atoms with van der Waals surface area (Å²) in [4.78, 5) is 4.33. The molecule has 80 valence electrons. The third-order valence-electron chi connectivity index (χ3n) is 2.73. The molecular formula is C15H15N. The minimum absolute atomic E-state index is 1.02. The van der Waals surface area contributed by atoms with Crippen molar-refractivity contribution in [2.24, 2.45) is 0 Å². The fourth-order valence-electron chi connectivity index (χ4n) is 1.60. The number of pyridine rings is 1. The Hall–Kier alpha value is -1.89. The predicted octanol–water partition coefficient (Wildman–Crippen LogP) is 4.17. The van der Waals surface area contributed by atoms with Gasteiger partial charge in [0.15, 0.2) is 0 Å². The van der Waals surface area contributed by atoms with Gasteiger partial charge < -0.3 is 0 Å². The molecule has 1 aromatic heterocycles. The zero-order valence-electron chi connectivity index (χ0n) is 9.64. The minimum Gasteiger partial charge on any atom is -0.256 e. The van der Waals surface area contributed by atoms with Crippen LogP contribution in [-0.2, 0) is 0 Å². The summed E-state index contributed by atoms with van der Waals surface area (Å²) in [5.74, 6) is 0. The Morgan fingerprint density at radius 2 is 1.81 bits per heavy atom. The van der Waals surface area contributed by atoms with Crippen LogP contribution in [0.15, 0.2) is 54.7 Å². The highest BCUT2D eigenvalue weighted by Crippen LogP contribution is 2.20. The van der Waals surface area contributed by atoms with E-state index in [4.69, 9.17) is 0 Å². The lowest BCUT2D eigenvalue weighted by Crippen LogP contribution is -1.83. The van der Waals surface area contributed by atoms with Crippen LogP contribution < -0.4 is 0 Å². The van der Waals surface area contributed by atoms with Gasteiger partial charge >= 0.3 is 0 Å². The molecule has 1 aromatic carbocycles. The van der Waals surface area contributed by atoms with Crippen molar-refractivity contribution in [1.82, 2.24) is 4.98 Å². The van der Waals surface area contributed by atoms with E-state index in [9.17, 15) is 0 Å². The normalized spacial score (nSPS) is 11.5. The first-order chi connectivity index (χ1) is 7.81. The van der Waals surface area contributed by atoms with Gasteiger partial charge in [0.05, 0.1) is 5.69 Å². The smallest absolute Gasteiger partial charge is 0.0701 e. The molecule has 0 aliphatic rings. The highest BCUT2D eigenvalue weighted by Gasteiger charge is 1.98. The van der Waals surface area contributed by atoms with Gasteiger partial charge in [0.25, 0.3) is 0 Å². The van der Waals surface area contributed by atoms with E-state index in [0.717, 1.165) is 11.3 Å². The van der Waals surface area contributed by atoms with Crippen molar-refractivity contribution in [3.63, 3.8) is 0 Å². The van der Waals surface area contributed by atoms with Crippen molar-refractivity contribution >= 4 is 5.57 Å². The Balaban J connectivity index is 2.34. The van der Waals surface area contributed by atoms with Gasteiger partial charge in [0.1, 0.15) is 0 Å². The fraction of sp³-hybridized carbons (Fsp3) is 0.133. The van der Waals surface area contributed by atoms with Gasteiger partial charge in [-0.3, -0.25) is 4.98 Å². The lowest BCUT2D eigenvalue weighted by atomic mass is 10.0. The topological polar surface area (TPSA) is 12.9 Å². The molecule has 2 aromatic rings. The van der Waals surface area contributed by atoms with E-state index in [2.05, 4.69) is 49.2 Å². The molecule has 0 amide bonds. The number of allylic oxidation sites excluding steroid dienone is 2. The van der Waals surface area contributed by atoms with Crippen molar-refractivity contribution in [3.8, 4) is 11.3 Å². The summed E-state index contributed by atoms with van der Waals surface area (Å²) in [6.45, 7) is 4.18. The zero-order chi connectivity index (χ0) is 11.4. The van der Waals surface area contributed by atoms with E-state index < -0.39 is 0 Å². The van der Waals surface area contributed by atoms with Crippen LogP contribution in [-0.4, -0.2) is 4.98 Å². The second-order valence-corrected chi connectivity index (χ2v) is 3.76. The second-order valence-electron chi connectivity index (χ2n) is 3.76. The molecule has 1 heterocycles. The van der Waals surface area contributed by atoms with E-state index >= 15 is 0 Å². The summed E-state index contributed by atoms with van der Waals surface area (Å²) < 4.78 is 0. The second kappa shape index (κ2) is 4.75. The first kappa shape index (κ1) is 10.6. The predicted molar refractivity (Wildman–Crippen MR) is 69.0 cm³/mol. The summed E-state index contributed by atoms with van der Waals surface area (Å²) in [5, 5.41) is 0. The molecule has 0 atom stereocenters. The van der Waals surface area contributed by atoms with E-state index in [1.54, 1.807) is 0 Å². The van der Waals surface area contributed by atoms with Crippen molar-refractivity contribution in [3.05, 3.63) is 60.3 Å². The van der Waals surface area contributed by atoms with Crippen LogP contribution in [0.1, 0.15) is 19.4 Å². The maximum absolute atomic E-state index is 4.33. The molecule has 0 saturated heterocycles. The van der Waals surface area contributed by atoms with Crippen molar-refractivity contribution < 1.29 is 0 Å². The number of benzene rings is 1. The molecule has 0 bridgehead atoms. The molecule has 2 rings (SSSR count). The molecule has 0 aliphatic heterocycles. The average molecular weight is 209 g/mol. The molecule has 0 aliphatic carbocycles. The molecule has 0 N–H and O–H groups in total. The van der Waals surface area contributed by atoms with Crippen LogP contribution >= 0.6 is 0 Å². The van der Waals surface area contributed by atoms with Gasteiger partial charge in [-0.1, -0.05) is 36.4 Å². The fourth-order valence-corrected chi connectivity index (χ4v) is 1.60. The molecular weight excluding hydrogens is 194 g/mol. The van der Waals surface area contributed by atoms with Crippen LogP contribution in [0, 0.1) is 0 Å². The highest BCUT2D eigenvalue weighted by molar-refractivity contribution is 5.67. The van der Waals surface area contributed by atoms with Crippen LogP contribution in [0.5, 0.6) is 0 Å². The lowest BCUT2D eigenvalue weighted by Gasteiger charge is -2.03. The number of nitrogens with zero attached hydrogens (tertiary/aromatic N) is 1. The number of hydrogen-bond donors (Lipinski definition) is 0. The Morgan fingerprint density at radius 1 is 1.06 bits per heavy atom. The summed E-state index contributed by atoms with van der Waals surface area (Å²) in [6.07, 6.45) is 3.94. The van der Waals surface area contributed by atoms with Gasteiger partial charge in [0.2, 0.25) is 0 Å². The zero-order valence-corrected chi connectivity index (χ0v) is 9.64. The van der Waals surface area contributed by atoms with E-state index in [-0.39, 0.29) is 0 Å². The van der Waals surface area contributed by atoms with Gasteiger partial charge in [-0.15, -0.1) is 0 Å². The van der Waals surface area contributed by atoms with Crippen LogP contribution in [0.3, 0.4) is 0 Å². The van der Waals surface area contributed by atoms with Gasteiger partial charge in [0, 0.05) is 11.8 Å². The van der Waals surface area contributed by atoms with Crippen molar-refractivity contribution in [1.29, 1.82) is 0 Å². The van der Waals surface area contributed by atoms with Crippen LogP contribution in [0.2, 0.25) is 0 Å². The van der Waals surface area contributed by atoms with E-state index in [1.165, 1.54) is 11.1 Å². The SMILES string of the molecule is C/C=C(/C)c1ccc(-c2ccccn2)cc1. The molecule has 1 nitrogen and oxygen atoms in total. The Labute approximate surface area is 96.5 Å². The molecule has 0 unspecified atom stereocenters. The first-order valence-corrected chi connectivity index (χ1v) is 5.46. The third-order valence-corrected chi connectivity index (χ3v) is 2.73. The first-order valence-electron chi connectivity index (χ1n) is 5.46. The standard InChI is InChI=1S/C15H15N/c1-3-12(2)13-7-9-14(10-8-13)15-6-4-5-11-16-15/h3-11H,1-2H3/b12-3-. The van der Waals surface area contributed by atoms with Gasteiger partial charge in [-0.25, -0.2) is 0 Å². The quantitative estimate of drug-likeness (QED) is 0.723. The molecule has 16 heavy (non-hydrogen) atoms. The lowest BCUT2D eigenvalue weighted by molar-refractivity contribution is 1.32. The van der Waals surface area contributed by atoms with Gasteiger partial charge in [-0.05, 0) is 37.1 Å². The molecule has 0 saturated carbocycles. The molecule has 0 spiro atoms. The maximum Gasteiger partial charge on any atom is 0.0701 e. The van der Waals surface area contributed by atoms with Crippen LogP contribution in [0.4, 0.5) is 0 Å². The average Bonchev–Trinajstić information content (AvgIpc) is 2.39. The minimum atomic E-state index is 1.02. The summed E-state index contributed by atoms with van der Waals surface area (Å²) in [5.41, 5.74) is 4.75.